The van der Waals surface area contributed by atoms with Crippen LogP contribution in [-0.4, -0.2) is 27.1 Å². The molecule has 3 rings (SSSR count). The van der Waals surface area contributed by atoms with E-state index in [2.05, 4.69) is 25.6 Å². The smallest absolute Gasteiger partial charge is 0.227 e. The largest absolute Gasteiger partial charge is 0.508 e. The molecule has 6 nitrogen and oxygen atoms in total. The number of rotatable bonds is 4. The summed E-state index contributed by atoms with van der Waals surface area (Å²) in [5.41, 5.74) is 1.50. The van der Waals surface area contributed by atoms with E-state index < -0.39 is 5.82 Å². The van der Waals surface area contributed by atoms with E-state index in [9.17, 15) is 9.50 Å². The molecule has 0 aliphatic carbocycles. The highest BCUT2D eigenvalue weighted by Crippen LogP contribution is 2.33. The van der Waals surface area contributed by atoms with Crippen LogP contribution in [0.15, 0.2) is 30.5 Å². The lowest BCUT2D eigenvalue weighted by molar-refractivity contribution is 0.475. The second kappa shape index (κ2) is 6.17. The number of aromatic hydroxyl groups is 1. The highest BCUT2D eigenvalue weighted by Gasteiger charge is 2.16. The molecule has 0 amide bonds. The number of hydrogen-bond acceptors (Lipinski definition) is 7. The molecular weight excluding hydrogens is 317 g/mol. The highest BCUT2D eigenvalue weighted by atomic mass is 32.1. The molecule has 23 heavy (non-hydrogen) atoms. The second-order valence-corrected chi connectivity index (χ2v) is 5.75. The molecule has 0 radical (unpaired) electrons. The fourth-order valence-corrected chi connectivity index (χ4v) is 2.93. The number of halogens is 1. The van der Waals surface area contributed by atoms with Crippen LogP contribution in [0, 0.1) is 12.7 Å². The maximum absolute atomic E-state index is 14.1. The minimum atomic E-state index is -0.513. The van der Waals surface area contributed by atoms with E-state index in [1.54, 1.807) is 32.2 Å². The molecule has 0 unspecified atom stereocenters. The number of aromatic nitrogens is 3. The number of anilines is 3. The first-order valence-electron chi connectivity index (χ1n) is 6.81. The molecule has 118 valence electrons. The Labute approximate surface area is 136 Å². The van der Waals surface area contributed by atoms with Crippen LogP contribution in [0.25, 0.3) is 10.6 Å². The SMILES string of the molecule is CNc1nc(C)c(-c2nc(Nc3cccc(O)c3)ncc2F)s1. The zero-order valence-corrected chi connectivity index (χ0v) is 13.3. The van der Waals surface area contributed by atoms with Gasteiger partial charge in [0.25, 0.3) is 0 Å². The van der Waals surface area contributed by atoms with Crippen molar-refractivity contribution in [3.05, 3.63) is 42.0 Å². The van der Waals surface area contributed by atoms with Gasteiger partial charge in [-0.1, -0.05) is 17.4 Å². The topological polar surface area (TPSA) is 83.0 Å². The molecule has 0 bridgehead atoms. The number of phenols is 1. The van der Waals surface area contributed by atoms with Gasteiger partial charge in [-0.05, 0) is 19.1 Å². The van der Waals surface area contributed by atoms with E-state index in [-0.39, 0.29) is 17.4 Å². The molecule has 8 heteroatoms. The first-order valence-corrected chi connectivity index (χ1v) is 7.62. The summed E-state index contributed by atoms with van der Waals surface area (Å²) in [6, 6.07) is 6.53. The van der Waals surface area contributed by atoms with Crippen LogP contribution in [0.2, 0.25) is 0 Å². The Kier molecular flexibility index (Phi) is 4.07. The Balaban J connectivity index is 1.97. The third-order valence-electron chi connectivity index (χ3n) is 3.07. The molecule has 3 N–H and O–H groups in total. The van der Waals surface area contributed by atoms with Gasteiger partial charge in [-0.15, -0.1) is 0 Å². The van der Waals surface area contributed by atoms with Gasteiger partial charge in [0.15, 0.2) is 10.9 Å². The average molecular weight is 331 g/mol. The van der Waals surface area contributed by atoms with Crippen LogP contribution in [0.4, 0.5) is 21.2 Å². The lowest BCUT2D eigenvalue weighted by atomic mass is 10.3. The fraction of sp³-hybridized carbons (Fsp3) is 0.133. The third kappa shape index (κ3) is 3.21. The third-order valence-corrected chi connectivity index (χ3v) is 4.25. The minimum Gasteiger partial charge on any atom is -0.508 e. The normalized spacial score (nSPS) is 10.6. The van der Waals surface area contributed by atoms with E-state index in [4.69, 9.17) is 0 Å². The minimum absolute atomic E-state index is 0.120. The van der Waals surface area contributed by atoms with Crippen LogP contribution in [0.3, 0.4) is 0 Å². The molecule has 1 aromatic carbocycles. The Morgan fingerprint density at radius 1 is 1.26 bits per heavy atom. The predicted molar refractivity (Wildman–Crippen MR) is 88.8 cm³/mol. The van der Waals surface area contributed by atoms with E-state index in [0.717, 1.165) is 6.20 Å². The van der Waals surface area contributed by atoms with Crippen molar-refractivity contribution in [2.75, 3.05) is 17.7 Å². The van der Waals surface area contributed by atoms with Crippen LogP contribution >= 0.6 is 11.3 Å². The van der Waals surface area contributed by atoms with E-state index in [1.807, 2.05) is 0 Å². The Morgan fingerprint density at radius 3 is 2.78 bits per heavy atom. The Morgan fingerprint density at radius 2 is 2.09 bits per heavy atom. The van der Waals surface area contributed by atoms with Crippen LogP contribution < -0.4 is 10.6 Å². The summed E-state index contributed by atoms with van der Waals surface area (Å²) in [4.78, 5) is 13.1. The van der Waals surface area contributed by atoms with Crippen molar-refractivity contribution in [3.63, 3.8) is 0 Å². The lowest BCUT2D eigenvalue weighted by Gasteiger charge is -2.07. The molecular formula is C15H14FN5OS. The summed E-state index contributed by atoms with van der Waals surface area (Å²) in [7, 11) is 1.76. The van der Waals surface area contributed by atoms with Gasteiger partial charge in [0.1, 0.15) is 11.4 Å². The first-order chi connectivity index (χ1) is 11.1. The second-order valence-electron chi connectivity index (χ2n) is 4.75. The summed E-state index contributed by atoms with van der Waals surface area (Å²) in [5, 5.41) is 16.1. The van der Waals surface area contributed by atoms with Crippen molar-refractivity contribution >= 4 is 28.1 Å². The van der Waals surface area contributed by atoms with Gasteiger partial charge in [-0.25, -0.2) is 19.3 Å². The van der Waals surface area contributed by atoms with E-state index in [1.165, 1.54) is 17.4 Å². The van der Waals surface area contributed by atoms with Gasteiger partial charge < -0.3 is 15.7 Å². The molecule has 2 aromatic heterocycles. The van der Waals surface area contributed by atoms with Crippen LogP contribution in [0.5, 0.6) is 5.75 Å². The van der Waals surface area contributed by atoms with Crippen LogP contribution in [0.1, 0.15) is 5.69 Å². The highest BCUT2D eigenvalue weighted by molar-refractivity contribution is 7.19. The zero-order valence-electron chi connectivity index (χ0n) is 12.5. The van der Waals surface area contributed by atoms with E-state index in [0.29, 0.717) is 21.4 Å². The Bertz CT molecular complexity index is 852. The number of aryl methyl sites for hydroxylation is 1. The molecule has 0 aliphatic rings. The van der Waals surface area contributed by atoms with Crippen molar-refractivity contribution in [1.29, 1.82) is 0 Å². The number of thiazole rings is 1. The molecule has 3 aromatic rings. The predicted octanol–water partition coefficient (Wildman–Crippen LogP) is 3.54. The Hall–Kier alpha value is -2.74. The maximum Gasteiger partial charge on any atom is 0.227 e. The summed E-state index contributed by atoms with van der Waals surface area (Å²) in [5.74, 6) is -0.152. The summed E-state index contributed by atoms with van der Waals surface area (Å²) < 4.78 is 14.1. The number of nitrogens with zero attached hydrogens (tertiary/aromatic N) is 3. The average Bonchev–Trinajstić information content (AvgIpc) is 2.90. The molecule has 0 spiro atoms. The number of benzene rings is 1. The van der Waals surface area contributed by atoms with Gasteiger partial charge in [-0.2, -0.15) is 0 Å². The molecule has 0 atom stereocenters. The van der Waals surface area contributed by atoms with Crippen molar-refractivity contribution in [2.45, 2.75) is 6.92 Å². The number of phenolic OH excluding ortho intramolecular Hbond substituents is 1. The van der Waals surface area contributed by atoms with Crippen molar-refractivity contribution in [3.8, 4) is 16.3 Å². The zero-order chi connectivity index (χ0) is 16.4. The number of hydrogen-bond donors (Lipinski definition) is 3. The van der Waals surface area contributed by atoms with Gasteiger partial charge in [0.2, 0.25) is 5.95 Å². The van der Waals surface area contributed by atoms with Gasteiger partial charge in [0.05, 0.1) is 16.8 Å². The van der Waals surface area contributed by atoms with Crippen molar-refractivity contribution in [1.82, 2.24) is 15.0 Å². The van der Waals surface area contributed by atoms with Gasteiger partial charge in [0, 0.05) is 18.8 Å². The first kappa shape index (κ1) is 15.2. The molecule has 0 saturated heterocycles. The summed E-state index contributed by atoms with van der Waals surface area (Å²) >= 11 is 1.32. The fourth-order valence-electron chi connectivity index (χ4n) is 2.02. The quantitative estimate of drug-likeness (QED) is 0.678. The molecule has 2 heterocycles. The summed E-state index contributed by atoms with van der Waals surface area (Å²) in [6.45, 7) is 1.80. The van der Waals surface area contributed by atoms with Crippen molar-refractivity contribution < 1.29 is 9.50 Å². The standard InChI is InChI=1S/C15H14FN5OS/c1-8-13(23-15(17-2)19-8)12-11(16)7-18-14(21-12)20-9-4-3-5-10(22)6-9/h3-7,22H,1-2H3,(H,17,19)(H,18,20,21). The molecule has 0 saturated carbocycles. The molecule has 0 fully saturated rings. The van der Waals surface area contributed by atoms with Crippen molar-refractivity contribution in [2.24, 2.45) is 0 Å². The van der Waals surface area contributed by atoms with E-state index >= 15 is 0 Å². The maximum atomic E-state index is 14.1. The number of nitrogens with one attached hydrogen (secondary N) is 2. The summed E-state index contributed by atoms with van der Waals surface area (Å²) in [6.07, 6.45) is 1.12. The van der Waals surface area contributed by atoms with Gasteiger partial charge in [-0.3, -0.25) is 0 Å². The van der Waals surface area contributed by atoms with Gasteiger partial charge >= 0.3 is 0 Å². The van der Waals surface area contributed by atoms with Crippen LogP contribution in [-0.2, 0) is 0 Å². The monoisotopic (exact) mass is 331 g/mol. The lowest BCUT2D eigenvalue weighted by Crippen LogP contribution is -2.00. The molecule has 0 aliphatic heterocycles.